The number of hydrogen-bond donors (Lipinski definition) is 1. The van der Waals surface area contributed by atoms with Crippen LogP contribution >= 0.6 is 11.6 Å². The molecule has 0 spiro atoms. The number of amides is 1. The van der Waals surface area contributed by atoms with E-state index in [1.807, 2.05) is 0 Å². The minimum atomic E-state index is -4.62. The molecule has 2 rings (SSSR count). The number of aromatic nitrogens is 1. The van der Waals surface area contributed by atoms with Crippen molar-refractivity contribution in [1.82, 2.24) is 4.57 Å². The highest BCUT2D eigenvalue weighted by molar-refractivity contribution is 6.31. The zero-order valence-corrected chi connectivity index (χ0v) is 12.7. The molecule has 0 bridgehead atoms. The first-order valence-corrected chi connectivity index (χ1v) is 6.89. The van der Waals surface area contributed by atoms with Gasteiger partial charge in [-0.05, 0) is 31.2 Å². The molecule has 8 heteroatoms. The van der Waals surface area contributed by atoms with Crippen LogP contribution in [0.25, 0.3) is 0 Å². The summed E-state index contributed by atoms with van der Waals surface area (Å²) in [5, 5.41) is 1.87. The number of aryl methyl sites for hydroxylation is 1. The van der Waals surface area contributed by atoms with Crippen LogP contribution in [0.4, 0.5) is 18.9 Å². The van der Waals surface area contributed by atoms with E-state index in [-0.39, 0.29) is 17.8 Å². The molecule has 4 nitrogen and oxygen atoms in total. The average molecular weight is 345 g/mol. The van der Waals surface area contributed by atoms with Crippen LogP contribution in [0.15, 0.2) is 41.3 Å². The Kier molecular flexibility index (Phi) is 4.79. The van der Waals surface area contributed by atoms with Gasteiger partial charge >= 0.3 is 6.18 Å². The molecule has 1 aromatic heterocycles. The van der Waals surface area contributed by atoms with E-state index in [1.54, 1.807) is 19.1 Å². The third-order valence-corrected chi connectivity index (χ3v) is 3.41. The second-order valence-corrected chi connectivity index (χ2v) is 5.27. The Labute approximate surface area is 134 Å². The lowest BCUT2D eigenvalue weighted by Crippen LogP contribution is -2.28. The van der Waals surface area contributed by atoms with Crippen molar-refractivity contribution in [3.05, 3.63) is 63.0 Å². The molecule has 0 aliphatic rings. The average Bonchev–Trinajstić information content (AvgIpc) is 2.45. The topological polar surface area (TPSA) is 51.1 Å². The molecule has 2 aromatic rings. The van der Waals surface area contributed by atoms with E-state index in [0.29, 0.717) is 5.56 Å². The van der Waals surface area contributed by atoms with Crippen LogP contribution in [0.3, 0.4) is 0 Å². The van der Waals surface area contributed by atoms with Gasteiger partial charge in [0.25, 0.3) is 5.56 Å². The van der Waals surface area contributed by atoms with Gasteiger partial charge in [-0.15, -0.1) is 0 Å². The highest BCUT2D eigenvalue weighted by Gasteiger charge is 2.33. The minimum Gasteiger partial charge on any atom is -0.325 e. The molecule has 1 amide bonds. The number of hydrogen-bond acceptors (Lipinski definition) is 2. The van der Waals surface area contributed by atoms with Crippen LogP contribution in [-0.4, -0.2) is 10.5 Å². The first-order chi connectivity index (χ1) is 10.7. The quantitative estimate of drug-likeness (QED) is 0.927. The van der Waals surface area contributed by atoms with Crippen LogP contribution in [0.1, 0.15) is 11.1 Å². The number of anilines is 1. The Morgan fingerprint density at radius 2 is 2.00 bits per heavy atom. The van der Waals surface area contributed by atoms with Crippen LogP contribution in [0.5, 0.6) is 0 Å². The van der Waals surface area contributed by atoms with Crippen LogP contribution in [0, 0.1) is 6.92 Å². The lowest BCUT2D eigenvalue weighted by molar-refractivity contribution is -0.137. The summed E-state index contributed by atoms with van der Waals surface area (Å²) in [7, 11) is 0. The molecular formula is C15H12ClF3N2O2. The van der Waals surface area contributed by atoms with Gasteiger partial charge in [-0.1, -0.05) is 17.7 Å². The molecule has 0 fully saturated rings. The lowest BCUT2D eigenvalue weighted by atomic mass is 10.2. The van der Waals surface area contributed by atoms with Gasteiger partial charge in [0.1, 0.15) is 6.54 Å². The first kappa shape index (κ1) is 17.1. The Bertz CT molecular complexity index is 800. The Hall–Kier alpha value is -2.28. The maximum atomic E-state index is 12.8. The number of carbonyl (C=O) groups excluding carboxylic acids is 1. The van der Waals surface area contributed by atoms with Crippen molar-refractivity contribution in [2.75, 3.05) is 5.32 Å². The standard InChI is InChI=1S/C15H12ClF3N2O2/c1-9-3-2-6-21(14(9)23)8-13(22)20-10-4-5-12(16)11(7-10)15(17,18)19/h2-7H,8H2,1H3,(H,20,22). The smallest absolute Gasteiger partial charge is 0.325 e. The lowest BCUT2D eigenvalue weighted by Gasteiger charge is -2.12. The van der Waals surface area contributed by atoms with Gasteiger partial charge in [-0.3, -0.25) is 9.59 Å². The summed E-state index contributed by atoms with van der Waals surface area (Å²) < 4.78 is 39.5. The van der Waals surface area contributed by atoms with E-state index in [4.69, 9.17) is 11.6 Å². The van der Waals surface area contributed by atoms with E-state index in [0.717, 1.165) is 12.1 Å². The summed E-state index contributed by atoms with van der Waals surface area (Å²) in [6, 6.07) is 6.27. The fourth-order valence-electron chi connectivity index (χ4n) is 1.96. The maximum Gasteiger partial charge on any atom is 0.417 e. The largest absolute Gasteiger partial charge is 0.417 e. The summed E-state index contributed by atoms with van der Waals surface area (Å²) in [5.41, 5.74) is -0.960. The second kappa shape index (κ2) is 6.45. The molecule has 0 unspecified atom stereocenters. The van der Waals surface area contributed by atoms with Gasteiger partial charge in [0.05, 0.1) is 10.6 Å². The van der Waals surface area contributed by atoms with Crippen molar-refractivity contribution in [2.45, 2.75) is 19.6 Å². The van der Waals surface area contributed by atoms with Gasteiger partial charge in [-0.25, -0.2) is 0 Å². The molecule has 0 radical (unpaired) electrons. The molecule has 0 aliphatic heterocycles. The zero-order valence-electron chi connectivity index (χ0n) is 11.9. The van der Waals surface area contributed by atoms with Crippen molar-refractivity contribution in [2.24, 2.45) is 0 Å². The Balaban J connectivity index is 2.18. The van der Waals surface area contributed by atoms with E-state index >= 15 is 0 Å². The fourth-order valence-corrected chi connectivity index (χ4v) is 2.18. The zero-order chi connectivity index (χ0) is 17.2. The van der Waals surface area contributed by atoms with Crippen molar-refractivity contribution >= 4 is 23.2 Å². The molecule has 1 heterocycles. The van der Waals surface area contributed by atoms with Crippen LogP contribution < -0.4 is 10.9 Å². The molecule has 1 N–H and O–H groups in total. The van der Waals surface area contributed by atoms with Crippen molar-refractivity contribution in [3.63, 3.8) is 0 Å². The summed E-state index contributed by atoms with van der Waals surface area (Å²) in [6.45, 7) is 1.30. The number of nitrogens with zero attached hydrogens (tertiary/aromatic N) is 1. The number of benzene rings is 1. The van der Waals surface area contributed by atoms with E-state index in [1.165, 1.54) is 16.8 Å². The SMILES string of the molecule is Cc1cccn(CC(=O)Nc2ccc(Cl)c(C(F)(F)F)c2)c1=O. The molecule has 0 saturated carbocycles. The number of nitrogens with one attached hydrogen (secondary N) is 1. The molecule has 0 atom stereocenters. The molecule has 1 aromatic carbocycles. The Morgan fingerprint density at radius 1 is 1.30 bits per heavy atom. The minimum absolute atomic E-state index is 0.0487. The fraction of sp³-hybridized carbons (Fsp3) is 0.200. The summed E-state index contributed by atoms with van der Waals surface area (Å²) >= 11 is 5.51. The molecule has 122 valence electrons. The van der Waals surface area contributed by atoms with Crippen molar-refractivity contribution < 1.29 is 18.0 Å². The van der Waals surface area contributed by atoms with Gasteiger partial charge in [-0.2, -0.15) is 13.2 Å². The summed E-state index contributed by atoms with van der Waals surface area (Å²) in [4.78, 5) is 23.7. The third-order valence-electron chi connectivity index (χ3n) is 3.08. The second-order valence-electron chi connectivity index (χ2n) is 4.86. The number of carbonyl (C=O) groups is 1. The molecular weight excluding hydrogens is 333 g/mol. The maximum absolute atomic E-state index is 12.8. The van der Waals surface area contributed by atoms with Gasteiger partial charge in [0.15, 0.2) is 0 Å². The summed E-state index contributed by atoms with van der Waals surface area (Å²) in [5.74, 6) is -0.617. The first-order valence-electron chi connectivity index (χ1n) is 6.51. The number of alkyl halides is 3. The van der Waals surface area contributed by atoms with Crippen LogP contribution in [-0.2, 0) is 17.5 Å². The van der Waals surface area contributed by atoms with E-state index in [9.17, 15) is 22.8 Å². The predicted molar refractivity (Wildman–Crippen MR) is 80.5 cm³/mol. The highest BCUT2D eigenvalue weighted by atomic mass is 35.5. The van der Waals surface area contributed by atoms with E-state index < -0.39 is 22.7 Å². The van der Waals surface area contributed by atoms with Gasteiger partial charge < -0.3 is 9.88 Å². The normalized spacial score (nSPS) is 11.3. The van der Waals surface area contributed by atoms with Crippen molar-refractivity contribution in [1.29, 1.82) is 0 Å². The number of halogens is 4. The monoisotopic (exact) mass is 344 g/mol. The third kappa shape index (κ3) is 4.13. The van der Waals surface area contributed by atoms with Crippen molar-refractivity contribution in [3.8, 4) is 0 Å². The van der Waals surface area contributed by atoms with Gasteiger partial charge in [0, 0.05) is 17.4 Å². The number of pyridine rings is 1. The number of rotatable bonds is 3. The molecule has 0 aliphatic carbocycles. The van der Waals surface area contributed by atoms with E-state index in [2.05, 4.69) is 5.32 Å². The molecule has 23 heavy (non-hydrogen) atoms. The van der Waals surface area contributed by atoms with Gasteiger partial charge in [0.2, 0.25) is 5.91 Å². The molecule has 0 saturated heterocycles. The predicted octanol–water partition coefficient (Wildman–Crippen LogP) is 3.47. The highest BCUT2D eigenvalue weighted by Crippen LogP contribution is 2.36. The summed E-state index contributed by atoms with van der Waals surface area (Å²) in [6.07, 6.45) is -3.19. The Morgan fingerprint density at radius 3 is 2.65 bits per heavy atom. The van der Waals surface area contributed by atoms with Crippen LogP contribution in [0.2, 0.25) is 5.02 Å².